The van der Waals surface area contributed by atoms with Gasteiger partial charge in [0, 0.05) is 30.9 Å². The molecule has 0 radical (unpaired) electrons. The lowest BCUT2D eigenvalue weighted by Crippen LogP contribution is -2.37. The fraction of sp³-hybridized carbons (Fsp3) is 0.533. The van der Waals surface area contributed by atoms with Gasteiger partial charge in [-0.1, -0.05) is 18.2 Å². The van der Waals surface area contributed by atoms with Crippen LogP contribution in [0.25, 0.3) is 0 Å². The van der Waals surface area contributed by atoms with Crippen molar-refractivity contribution in [1.82, 2.24) is 4.31 Å². The number of ether oxygens (including phenoxy) is 1. The van der Waals surface area contributed by atoms with Crippen molar-refractivity contribution in [1.29, 1.82) is 0 Å². The summed E-state index contributed by atoms with van der Waals surface area (Å²) in [5, 5.41) is 3.05. The summed E-state index contributed by atoms with van der Waals surface area (Å²) in [6, 6.07) is 7.56. The first kappa shape index (κ1) is 17.7. The number of hydrogen-bond donors (Lipinski definition) is 2. The van der Waals surface area contributed by atoms with Crippen LogP contribution in [-0.4, -0.2) is 51.2 Å². The number of sulfonamides is 1. The van der Waals surface area contributed by atoms with Crippen molar-refractivity contribution in [2.24, 2.45) is 10.7 Å². The lowest BCUT2D eigenvalue weighted by molar-refractivity contribution is 0.185. The number of methoxy groups -OCH3 is 1. The molecule has 0 aliphatic carbocycles. The summed E-state index contributed by atoms with van der Waals surface area (Å²) in [6.07, 6.45) is 2.90. The van der Waals surface area contributed by atoms with Gasteiger partial charge >= 0.3 is 0 Å². The molecule has 0 unspecified atom stereocenters. The minimum absolute atomic E-state index is 0.112. The van der Waals surface area contributed by atoms with Crippen LogP contribution in [0.1, 0.15) is 18.4 Å². The molecule has 1 aliphatic rings. The lowest BCUT2D eigenvalue weighted by atomic mass is 10.2. The van der Waals surface area contributed by atoms with Crippen molar-refractivity contribution in [3.8, 4) is 0 Å². The van der Waals surface area contributed by atoms with Crippen LogP contribution < -0.4 is 11.1 Å². The monoisotopic (exact) mass is 340 g/mol. The van der Waals surface area contributed by atoms with E-state index in [1.807, 2.05) is 24.3 Å². The Morgan fingerprint density at radius 2 is 2.22 bits per heavy atom. The van der Waals surface area contributed by atoms with Crippen molar-refractivity contribution >= 4 is 21.7 Å². The van der Waals surface area contributed by atoms with Crippen molar-refractivity contribution in [2.45, 2.75) is 25.5 Å². The summed E-state index contributed by atoms with van der Waals surface area (Å²) in [7, 11) is -1.55. The molecule has 1 fully saturated rings. The Kier molecular flexibility index (Phi) is 5.97. The Morgan fingerprint density at radius 3 is 2.91 bits per heavy atom. The van der Waals surface area contributed by atoms with E-state index in [-0.39, 0.29) is 12.0 Å². The largest absolute Gasteiger partial charge is 0.380 e. The molecule has 23 heavy (non-hydrogen) atoms. The molecule has 1 atom stereocenters. The zero-order valence-corrected chi connectivity index (χ0v) is 14.3. The summed E-state index contributed by atoms with van der Waals surface area (Å²) in [5.74, 6) is 0.272. The Bertz CT molecular complexity index is 660. The normalized spacial score (nSPS) is 19.9. The molecule has 3 N–H and O–H groups in total. The van der Waals surface area contributed by atoms with Gasteiger partial charge in [0.1, 0.15) is 0 Å². The Labute approximate surface area is 137 Å². The third-order valence-electron chi connectivity index (χ3n) is 3.80. The van der Waals surface area contributed by atoms with E-state index < -0.39 is 10.0 Å². The number of anilines is 1. The van der Waals surface area contributed by atoms with E-state index in [4.69, 9.17) is 10.5 Å². The summed E-state index contributed by atoms with van der Waals surface area (Å²) >= 11 is 0. The number of hydrogen-bond acceptors (Lipinski definition) is 4. The smallest absolute Gasteiger partial charge is 0.211 e. The van der Waals surface area contributed by atoms with E-state index in [0.29, 0.717) is 19.7 Å². The molecule has 0 saturated carbocycles. The molecule has 0 spiro atoms. The molecule has 1 aromatic carbocycles. The quantitative estimate of drug-likeness (QED) is 0.594. The van der Waals surface area contributed by atoms with Gasteiger partial charge in [0.05, 0.1) is 19.4 Å². The van der Waals surface area contributed by atoms with E-state index in [0.717, 1.165) is 24.1 Å². The number of nitrogens with two attached hydrogens (primary N) is 1. The van der Waals surface area contributed by atoms with Crippen molar-refractivity contribution < 1.29 is 13.2 Å². The lowest BCUT2D eigenvalue weighted by Gasteiger charge is -2.20. The molecule has 1 heterocycles. The molecule has 8 heteroatoms. The third-order valence-corrected chi connectivity index (χ3v) is 5.13. The molecule has 0 amide bonds. The predicted molar refractivity (Wildman–Crippen MR) is 91.8 cm³/mol. The molecule has 2 rings (SSSR count). The van der Waals surface area contributed by atoms with Crippen LogP contribution in [0, 0.1) is 0 Å². The molecule has 1 aromatic rings. The second-order valence-corrected chi connectivity index (χ2v) is 7.55. The minimum atomic E-state index is -3.19. The third kappa shape index (κ3) is 4.92. The number of nitrogens with zero attached hydrogens (tertiary/aromatic N) is 2. The van der Waals surface area contributed by atoms with E-state index in [1.165, 1.54) is 10.6 Å². The first-order valence-electron chi connectivity index (χ1n) is 7.52. The Balaban J connectivity index is 2.01. The average Bonchev–Trinajstić information content (AvgIpc) is 2.96. The standard InChI is InChI=1S/C15H24N4O3S/c1-22-11-12-6-3-4-8-14(12)18-15(16)17-10-13-7-5-9-19(13)23(2,20)21/h3-4,6,8,13H,5,7,9-11H2,1-2H3,(H3,16,17,18)/t13-/m1/s1. The number of guanidine groups is 1. The number of para-hydroxylation sites is 1. The SMILES string of the molecule is COCc1ccccc1NC(N)=NC[C@H]1CCCN1S(C)(=O)=O. The summed E-state index contributed by atoms with van der Waals surface area (Å²) in [4.78, 5) is 4.30. The van der Waals surface area contributed by atoms with Crippen LogP contribution in [0.15, 0.2) is 29.3 Å². The maximum Gasteiger partial charge on any atom is 0.211 e. The van der Waals surface area contributed by atoms with Crippen molar-refractivity contribution in [3.63, 3.8) is 0 Å². The maximum absolute atomic E-state index is 11.7. The summed E-state index contributed by atoms with van der Waals surface area (Å²) < 4.78 is 30.1. The molecule has 128 valence electrons. The molecule has 1 saturated heterocycles. The number of benzene rings is 1. The first-order valence-corrected chi connectivity index (χ1v) is 9.37. The molecule has 1 aliphatic heterocycles. The minimum Gasteiger partial charge on any atom is -0.380 e. The van der Waals surface area contributed by atoms with Crippen LogP contribution in [0.4, 0.5) is 5.69 Å². The zero-order chi connectivity index (χ0) is 16.9. The molecular formula is C15H24N4O3S. The number of aliphatic imine (C=N–C) groups is 1. The van der Waals surface area contributed by atoms with Gasteiger partial charge in [-0.25, -0.2) is 8.42 Å². The summed E-state index contributed by atoms with van der Waals surface area (Å²) in [5.41, 5.74) is 7.75. The molecule has 7 nitrogen and oxygen atoms in total. The van der Waals surface area contributed by atoms with Gasteiger partial charge in [-0.15, -0.1) is 0 Å². The highest BCUT2D eigenvalue weighted by molar-refractivity contribution is 7.88. The van der Waals surface area contributed by atoms with E-state index in [1.54, 1.807) is 7.11 Å². The van der Waals surface area contributed by atoms with Gasteiger partial charge in [0.2, 0.25) is 10.0 Å². The molecule has 0 aromatic heterocycles. The molecular weight excluding hydrogens is 316 g/mol. The first-order chi connectivity index (χ1) is 10.9. The highest BCUT2D eigenvalue weighted by Gasteiger charge is 2.30. The van der Waals surface area contributed by atoms with Gasteiger partial charge in [0.25, 0.3) is 0 Å². The maximum atomic E-state index is 11.7. The zero-order valence-electron chi connectivity index (χ0n) is 13.5. The Hall–Kier alpha value is -1.64. The number of nitrogens with one attached hydrogen (secondary N) is 1. The van der Waals surface area contributed by atoms with Gasteiger partial charge in [-0.2, -0.15) is 4.31 Å². The second kappa shape index (κ2) is 7.76. The van der Waals surface area contributed by atoms with Gasteiger partial charge in [-0.05, 0) is 18.9 Å². The van der Waals surface area contributed by atoms with Gasteiger partial charge in [-0.3, -0.25) is 4.99 Å². The fourth-order valence-electron chi connectivity index (χ4n) is 2.73. The summed E-state index contributed by atoms with van der Waals surface area (Å²) in [6.45, 7) is 1.39. The Morgan fingerprint density at radius 1 is 1.48 bits per heavy atom. The van der Waals surface area contributed by atoms with Gasteiger partial charge in [0.15, 0.2) is 5.96 Å². The topological polar surface area (TPSA) is 97.0 Å². The average molecular weight is 340 g/mol. The second-order valence-electron chi connectivity index (χ2n) is 5.61. The predicted octanol–water partition coefficient (Wildman–Crippen LogP) is 0.984. The van der Waals surface area contributed by atoms with Crippen LogP contribution in [0.3, 0.4) is 0 Å². The van der Waals surface area contributed by atoms with Gasteiger partial charge < -0.3 is 15.8 Å². The highest BCUT2D eigenvalue weighted by atomic mass is 32.2. The molecule has 0 bridgehead atoms. The van der Waals surface area contributed by atoms with E-state index >= 15 is 0 Å². The van der Waals surface area contributed by atoms with E-state index in [2.05, 4.69) is 10.3 Å². The van der Waals surface area contributed by atoms with Crippen molar-refractivity contribution in [2.75, 3.05) is 31.8 Å². The number of rotatable bonds is 6. The van der Waals surface area contributed by atoms with Crippen LogP contribution in [0.5, 0.6) is 0 Å². The van der Waals surface area contributed by atoms with Crippen LogP contribution in [-0.2, 0) is 21.4 Å². The van der Waals surface area contributed by atoms with E-state index in [9.17, 15) is 8.42 Å². The van der Waals surface area contributed by atoms with Crippen LogP contribution >= 0.6 is 0 Å². The van der Waals surface area contributed by atoms with Crippen LogP contribution in [0.2, 0.25) is 0 Å². The highest BCUT2D eigenvalue weighted by Crippen LogP contribution is 2.20. The van der Waals surface area contributed by atoms with Crippen molar-refractivity contribution in [3.05, 3.63) is 29.8 Å². The fourth-order valence-corrected chi connectivity index (χ4v) is 3.91.